The van der Waals surface area contributed by atoms with Gasteiger partial charge in [-0.3, -0.25) is 4.79 Å². The molecule has 0 bridgehead atoms. The van der Waals surface area contributed by atoms with Crippen molar-refractivity contribution in [1.29, 1.82) is 0 Å². The molecule has 3 aromatic carbocycles. The SMILES string of the molecule is CC(C)CCN(c1ccc(C(F)(F)F)cc1)c1cc(-c2ccc(C(F)(F)F)cc2)cc(C(CC(C)C)C(=O)O)c1. The van der Waals surface area contributed by atoms with E-state index in [1.54, 1.807) is 18.2 Å². The van der Waals surface area contributed by atoms with Crippen molar-refractivity contribution in [2.45, 2.75) is 58.8 Å². The fourth-order valence-electron chi connectivity index (χ4n) is 4.49. The molecule has 9 heteroatoms. The second kappa shape index (κ2) is 12.4. The maximum absolute atomic E-state index is 13.2. The molecule has 0 aliphatic rings. The van der Waals surface area contributed by atoms with Crippen LogP contribution < -0.4 is 4.90 Å². The number of hydrogen-bond acceptors (Lipinski definition) is 2. The van der Waals surface area contributed by atoms with E-state index in [2.05, 4.69) is 0 Å². The summed E-state index contributed by atoms with van der Waals surface area (Å²) in [5.41, 5.74) is 0.873. The van der Waals surface area contributed by atoms with Crippen molar-refractivity contribution in [2.24, 2.45) is 11.8 Å². The molecule has 3 aromatic rings. The number of benzene rings is 3. The Morgan fingerprint density at radius 1 is 0.725 bits per heavy atom. The highest BCUT2D eigenvalue weighted by Gasteiger charge is 2.31. The molecule has 0 radical (unpaired) electrons. The van der Waals surface area contributed by atoms with Crippen LogP contribution in [0.3, 0.4) is 0 Å². The van der Waals surface area contributed by atoms with E-state index in [-0.39, 0.29) is 11.8 Å². The Balaban J connectivity index is 2.20. The van der Waals surface area contributed by atoms with Crippen molar-refractivity contribution in [2.75, 3.05) is 11.4 Å². The molecular formula is C31H33F6NO2. The minimum atomic E-state index is -4.51. The maximum atomic E-state index is 13.2. The van der Waals surface area contributed by atoms with Crippen LogP contribution in [-0.4, -0.2) is 17.6 Å². The van der Waals surface area contributed by atoms with Gasteiger partial charge in [0, 0.05) is 17.9 Å². The lowest BCUT2D eigenvalue weighted by Crippen LogP contribution is -2.21. The molecule has 1 N–H and O–H groups in total. The van der Waals surface area contributed by atoms with E-state index in [1.807, 2.05) is 32.6 Å². The molecule has 0 spiro atoms. The summed E-state index contributed by atoms with van der Waals surface area (Å²) in [4.78, 5) is 14.1. The minimum absolute atomic E-state index is 0.0474. The molecular weight excluding hydrogens is 532 g/mol. The van der Waals surface area contributed by atoms with Crippen molar-refractivity contribution in [1.82, 2.24) is 0 Å². The molecule has 0 fully saturated rings. The third-order valence-corrected chi connectivity index (χ3v) is 6.64. The minimum Gasteiger partial charge on any atom is -0.481 e. The Labute approximate surface area is 230 Å². The van der Waals surface area contributed by atoms with Crippen molar-refractivity contribution in [3.8, 4) is 11.1 Å². The van der Waals surface area contributed by atoms with Gasteiger partial charge in [0.05, 0.1) is 17.0 Å². The Kier molecular flexibility index (Phi) is 9.59. The zero-order valence-electron chi connectivity index (χ0n) is 22.8. The van der Waals surface area contributed by atoms with E-state index in [0.717, 1.165) is 24.3 Å². The van der Waals surface area contributed by atoms with Crippen LogP contribution in [0.25, 0.3) is 11.1 Å². The summed E-state index contributed by atoms with van der Waals surface area (Å²) in [5.74, 6) is -1.60. The molecule has 1 unspecified atom stereocenters. The number of carbonyl (C=O) groups is 1. The summed E-state index contributed by atoms with van der Waals surface area (Å²) < 4.78 is 79.2. The Bertz CT molecular complexity index is 1280. The quantitative estimate of drug-likeness (QED) is 0.249. The van der Waals surface area contributed by atoms with Gasteiger partial charge in [-0.2, -0.15) is 26.3 Å². The smallest absolute Gasteiger partial charge is 0.416 e. The van der Waals surface area contributed by atoms with Gasteiger partial charge in [0.25, 0.3) is 0 Å². The Morgan fingerprint density at radius 2 is 1.25 bits per heavy atom. The van der Waals surface area contributed by atoms with Crippen LogP contribution in [0.4, 0.5) is 37.7 Å². The van der Waals surface area contributed by atoms with Crippen LogP contribution in [0.15, 0.2) is 66.7 Å². The highest BCUT2D eigenvalue weighted by molar-refractivity contribution is 5.80. The number of aliphatic carboxylic acids is 1. The van der Waals surface area contributed by atoms with Gasteiger partial charge in [0.15, 0.2) is 0 Å². The van der Waals surface area contributed by atoms with Gasteiger partial charge in [-0.1, -0.05) is 45.9 Å². The van der Waals surface area contributed by atoms with Gasteiger partial charge in [0.2, 0.25) is 0 Å². The van der Waals surface area contributed by atoms with E-state index >= 15 is 0 Å². The third kappa shape index (κ3) is 8.02. The lowest BCUT2D eigenvalue weighted by molar-refractivity contribution is -0.139. The lowest BCUT2D eigenvalue weighted by atomic mass is 9.88. The summed E-state index contributed by atoms with van der Waals surface area (Å²) in [7, 11) is 0. The third-order valence-electron chi connectivity index (χ3n) is 6.64. The van der Waals surface area contributed by atoms with Gasteiger partial charge < -0.3 is 10.0 Å². The maximum Gasteiger partial charge on any atom is 0.416 e. The van der Waals surface area contributed by atoms with E-state index in [1.165, 1.54) is 24.3 Å². The predicted molar refractivity (Wildman–Crippen MR) is 145 cm³/mol. The average Bonchev–Trinajstić information content (AvgIpc) is 2.86. The van der Waals surface area contributed by atoms with Crippen molar-refractivity contribution >= 4 is 17.3 Å². The van der Waals surface area contributed by atoms with Crippen LogP contribution >= 0.6 is 0 Å². The first-order valence-corrected chi connectivity index (χ1v) is 13.1. The molecule has 216 valence electrons. The molecule has 0 aliphatic heterocycles. The van der Waals surface area contributed by atoms with Crippen LogP contribution in [0, 0.1) is 11.8 Å². The lowest BCUT2D eigenvalue weighted by Gasteiger charge is -2.28. The summed E-state index contributed by atoms with van der Waals surface area (Å²) in [5, 5.41) is 10.0. The predicted octanol–water partition coefficient (Wildman–Crippen LogP) is 9.79. The molecule has 0 saturated carbocycles. The van der Waals surface area contributed by atoms with Gasteiger partial charge in [-0.05, 0) is 89.9 Å². The summed E-state index contributed by atoms with van der Waals surface area (Å²) in [6.07, 6.45) is -7.98. The van der Waals surface area contributed by atoms with Crippen molar-refractivity contribution in [3.63, 3.8) is 0 Å². The zero-order valence-corrected chi connectivity index (χ0v) is 22.8. The van der Waals surface area contributed by atoms with Gasteiger partial charge in [-0.25, -0.2) is 0 Å². The molecule has 3 nitrogen and oxygen atoms in total. The summed E-state index contributed by atoms with van der Waals surface area (Å²) >= 11 is 0. The van der Waals surface area contributed by atoms with Crippen molar-refractivity contribution < 1.29 is 36.2 Å². The molecule has 3 rings (SSSR count). The topological polar surface area (TPSA) is 40.5 Å². The van der Waals surface area contributed by atoms with Crippen LogP contribution in [0.5, 0.6) is 0 Å². The van der Waals surface area contributed by atoms with E-state index in [4.69, 9.17) is 0 Å². The highest BCUT2D eigenvalue weighted by Crippen LogP contribution is 2.38. The number of alkyl halides is 6. The standard InChI is InChI=1S/C31H33F6NO2/c1-19(2)13-14-38(26-11-9-25(10-12-26)31(35,36)37)27-17-22(21-5-7-24(8-6-21)30(32,33)34)16-23(18-27)28(29(39)40)15-20(3)4/h5-12,16-20,28H,13-15H2,1-4H3,(H,39,40). The average molecular weight is 566 g/mol. The van der Waals surface area contributed by atoms with Crippen LogP contribution in [-0.2, 0) is 17.1 Å². The van der Waals surface area contributed by atoms with Crippen molar-refractivity contribution in [3.05, 3.63) is 83.4 Å². The van der Waals surface area contributed by atoms with Gasteiger partial charge in [-0.15, -0.1) is 0 Å². The number of carboxylic acids is 1. The second-order valence-corrected chi connectivity index (χ2v) is 10.8. The first kappa shape index (κ1) is 31.0. The molecule has 0 aromatic heterocycles. The monoisotopic (exact) mass is 565 g/mol. The zero-order chi connectivity index (χ0) is 29.8. The molecule has 0 heterocycles. The molecule has 0 amide bonds. The first-order chi connectivity index (χ1) is 18.6. The number of hydrogen-bond donors (Lipinski definition) is 1. The summed E-state index contributed by atoms with van der Waals surface area (Å²) in [6.45, 7) is 8.25. The van der Waals surface area contributed by atoms with E-state index in [0.29, 0.717) is 47.5 Å². The summed E-state index contributed by atoms with van der Waals surface area (Å²) in [6, 6.07) is 14.5. The molecule has 40 heavy (non-hydrogen) atoms. The Morgan fingerprint density at radius 3 is 1.70 bits per heavy atom. The van der Waals surface area contributed by atoms with Gasteiger partial charge in [0.1, 0.15) is 0 Å². The van der Waals surface area contributed by atoms with Crippen LogP contribution in [0.1, 0.15) is 63.1 Å². The number of anilines is 2. The fourth-order valence-corrected chi connectivity index (χ4v) is 4.49. The largest absolute Gasteiger partial charge is 0.481 e. The van der Waals surface area contributed by atoms with E-state index < -0.39 is 35.4 Å². The van der Waals surface area contributed by atoms with Crippen LogP contribution in [0.2, 0.25) is 0 Å². The molecule has 0 aliphatic carbocycles. The number of halogens is 6. The first-order valence-electron chi connectivity index (χ1n) is 13.1. The highest BCUT2D eigenvalue weighted by atomic mass is 19.4. The second-order valence-electron chi connectivity index (χ2n) is 10.8. The number of nitrogens with zero attached hydrogens (tertiary/aromatic N) is 1. The van der Waals surface area contributed by atoms with Gasteiger partial charge >= 0.3 is 18.3 Å². The Hall–Kier alpha value is -3.49. The number of carboxylic acid groups (broad SMARTS) is 1. The normalized spacial score (nSPS) is 13.1. The van der Waals surface area contributed by atoms with E-state index in [9.17, 15) is 36.2 Å². The number of rotatable bonds is 10. The molecule has 0 saturated heterocycles. The fraction of sp³-hybridized carbons (Fsp3) is 0.387. The molecule has 1 atom stereocenters.